The summed E-state index contributed by atoms with van der Waals surface area (Å²) < 4.78 is 9.52. The van der Waals surface area contributed by atoms with Crippen LogP contribution in [0.5, 0.6) is 17.2 Å². The maximum Gasteiger partial charge on any atom is 0.341 e. The van der Waals surface area contributed by atoms with Crippen LogP contribution in [0, 0.1) is 6.92 Å². The summed E-state index contributed by atoms with van der Waals surface area (Å²) in [7, 11) is 0. The molecule has 2 aromatic heterocycles. The highest BCUT2D eigenvalue weighted by Crippen LogP contribution is 2.41. The smallest absolute Gasteiger partial charge is 0.341 e. The van der Waals surface area contributed by atoms with Gasteiger partial charge in [0.2, 0.25) is 0 Å². The highest BCUT2D eigenvalue weighted by molar-refractivity contribution is 5.86. The van der Waals surface area contributed by atoms with Gasteiger partial charge in [-0.3, -0.25) is 0 Å². The number of aliphatic carboxylic acids is 1. The molecule has 9 heteroatoms. The van der Waals surface area contributed by atoms with Crippen molar-refractivity contribution < 1.29 is 24.9 Å². The fourth-order valence-corrected chi connectivity index (χ4v) is 8.93. The average molecular weight is 921 g/mol. The fraction of sp³-hybridized carbons (Fsp3) is 0.0984. The number of hydrogen-bond donors (Lipinski definition) is 3. The van der Waals surface area contributed by atoms with E-state index in [2.05, 4.69) is 110 Å². The van der Waals surface area contributed by atoms with E-state index in [1.807, 2.05) is 95.7 Å². The minimum Gasteiger partial charge on any atom is -0.508 e. The van der Waals surface area contributed by atoms with Gasteiger partial charge in [0.25, 0.3) is 0 Å². The third kappa shape index (κ3) is 9.86. The van der Waals surface area contributed by atoms with Gasteiger partial charge in [0, 0.05) is 33.4 Å². The number of phenolic OH excluding ortho intramolecular Hbond substituents is 2. The van der Waals surface area contributed by atoms with E-state index < -0.39 is 12.6 Å². The summed E-state index contributed by atoms with van der Waals surface area (Å²) in [5.74, 6) is -0.0822. The van der Waals surface area contributed by atoms with Crippen molar-refractivity contribution in [3.8, 4) is 95.6 Å². The summed E-state index contributed by atoms with van der Waals surface area (Å²) in [6.45, 7) is 6.01. The molecule has 0 saturated carbocycles. The molecule has 0 aliphatic heterocycles. The molecule has 3 N–H and O–H groups in total. The number of carbonyl (C=O) groups is 1. The molecule has 2 heterocycles. The Balaban J connectivity index is 0.000000175. The summed E-state index contributed by atoms with van der Waals surface area (Å²) in [5, 5.41) is 39.0. The Morgan fingerprint density at radius 2 is 0.886 bits per heavy atom. The lowest BCUT2D eigenvalue weighted by atomic mass is 9.97. The first kappa shape index (κ1) is 46.2. The molecule has 10 rings (SSSR count). The van der Waals surface area contributed by atoms with Crippen molar-refractivity contribution in [2.45, 2.75) is 33.6 Å². The number of carboxylic acids is 1. The van der Waals surface area contributed by atoms with Crippen molar-refractivity contribution in [2.75, 3.05) is 6.61 Å². The second-order valence-electron chi connectivity index (χ2n) is 16.8. The van der Waals surface area contributed by atoms with E-state index in [4.69, 9.17) is 20.0 Å². The number of hydrogen-bond acceptors (Lipinski definition) is 6. The Bertz CT molecular complexity index is 3400. The predicted molar refractivity (Wildman–Crippen MR) is 280 cm³/mol. The monoisotopic (exact) mass is 920 g/mol. The van der Waals surface area contributed by atoms with Crippen LogP contribution >= 0.6 is 0 Å². The third-order valence-electron chi connectivity index (χ3n) is 12.1. The number of benzene rings is 8. The Morgan fingerprint density at radius 1 is 0.471 bits per heavy atom. The predicted octanol–water partition coefficient (Wildman–Crippen LogP) is 14.1. The minimum absolute atomic E-state index is 0.204. The van der Waals surface area contributed by atoms with E-state index in [0.29, 0.717) is 5.75 Å². The first-order valence-corrected chi connectivity index (χ1v) is 23.3. The van der Waals surface area contributed by atoms with Gasteiger partial charge in [0.1, 0.15) is 28.6 Å². The van der Waals surface area contributed by atoms with Gasteiger partial charge in [0.15, 0.2) is 6.61 Å². The quantitative estimate of drug-likeness (QED) is 0.105. The molecule has 0 spiro atoms. The molecule has 0 bridgehead atoms. The SMILES string of the molecule is CCc1c(-c2ccccc2)c(-c2ccc(O)cc2)nn1-c1ccccc1-c1cccc(C)c1.CCc1c(-c2ccccc2)c(-c2ccc(O)cc2)nn1-c1ccccc1-c1cccc(OCC(=O)O)c1. The summed E-state index contributed by atoms with van der Waals surface area (Å²) in [5.41, 5.74) is 17.6. The van der Waals surface area contributed by atoms with Gasteiger partial charge in [-0.15, -0.1) is 0 Å². The number of aromatic nitrogens is 4. The lowest BCUT2D eigenvalue weighted by molar-refractivity contribution is -0.139. The van der Waals surface area contributed by atoms with Crippen LogP contribution < -0.4 is 4.74 Å². The number of carboxylic acid groups (broad SMARTS) is 1. The number of aryl methyl sites for hydroxylation is 1. The normalized spacial score (nSPS) is 10.9. The van der Waals surface area contributed by atoms with Gasteiger partial charge in [-0.2, -0.15) is 10.2 Å². The number of aromatic hydroxyl groups is 2. The average Bonchev–Trinajstić information content (AvgIpc) is 3.99. The van der Waals surface area contributed by atoms with Crippen molar-refractivity contribution in [1.29, 1.82) is 0 Å². The summed E-state index contributed by atoms with van der Waals surface area (Å²) in [6, 6.07) is 67.5. The number of phenols is 2. The molecule has 0 aliphatic carbocycles. The molecule has 0 atom stereocenters. The Morgan fingerprint density at radius 3 is 1.33 bits per heavy atom. The summed E-state index contributed by atoms with van der Waals surface area (Å²) in [4.78, 5) is 11.0. The van der Waals surface area contributed by atoms with Crippen molar-refractivity contribution in [3.63, 3.8) is 0 Å². The van der Waals surface area contributed by atoms with Gasteiger partial charge >= 0.3 is 5.97 Å². The molecule has 0 unspecified atom stereocenters. The first-order chi connectivity index (χ1) is 34.2. The molecule has 0 saturated heterocycles. The van der Waals surface area contributed by atoms with E-state index in [-0.39, 0.29) is 11.5 Å². The summed E-state index contributed by atoms with van der Waals surface area (Å²) in [6.07, 6.45) is 1.57. The molecule has 10 aromatic rings. The molecule has 70 heavy (non-hydrogen) atoms. The molecular formula is C61H52N4O5. The third-order valence-corrected chi connectivity index (χ3v) is 12.1. The number of para-hydroxylation sites is 2. The van der Waals surface area contributed by atoms with E-state index >= 15 is 0 Å². The standard InChI is InChI=1S/C31H26N2O4.C30H26N2O/c1-2-27-30(21-9-4-3-5-10-21)31(22-15-17-24(34)18-16-22)32-33(27)28-14-7-6-13-26(28)23-11-8-12-25(19-23)37-20-29(35)36;1-3-27-29(22-11-5-4-6-12-22)30(23-16-18-25(33)19-17-23)31-32(27)28-15-8-7-14-26(28)24-13-9-10-21(2)20-24/h3-19,34H,2,20H2,1H3,(H,35,36);4-20,33H,3H2,1-2H3. The molecule has 9 nitrogen and oxygen atoms in total. The van der Waals surface area contributed by atoms with Crippen molar-refractivity contribution in [3.05, 3.63) is 223 Å². The zero-order valence-corrected chi connectivity index (χ0v) is 39.2. The lowest BCUT2D eigenvalue weighted by Gasteiger charge is -2.14. The molecule has 0 radical (unpaired) electrons. The highest BCUT2D eigenvalue weighted by atomic mass is 16.5. The van der Waals surface area contributed by atoms with E-state index in [1.165, 1.54) is 11.1 Å². The molecule has 0 fully saturated rings. The summed E-state index contributed by atoms with van der Waals surface area (Å²) >= 11 is 0. The largest absolute Gasteiger partial charge is 0.508 e. The van der Waals surface area contributed by atoms with Crippen LogP contribution in [0.1, 0.15) is 30.8 Å². The van der Waals surface area contributed by atoms with Crippen LogP contribution in [0.25, 0.3) is 78.4 Å². The van der Waals surface area contributed by atoms with Crippen LogP contribution in [0.2, 0.25) is 0 Å². The number of ether oxygens (including phenoxy) is 1. The maximum atomic E-state index is 11.0. The zero-order chi connectivity index (χ0) is 48.6. The van der Waals surface area contributed by atoms with Crippen LogP contribution in [0.15, 0.2) is 206 Å². The topological polar surface area (TPSA) is 123 Å². The van der Waals surface area contributed by atoms with Crippen LogP contribution in [-0.4, -0.2) is 47.5 Å². The number of nitrogens with zero attached hydrogens (tertiary/aromatic N) is 4. The molecule has 8 aromatic carbocycles. The molecule has 346 valence electrons. The van der Waals surface area contributed by atoms with Gasteiger partial charge in [-0.25, -0.2) is 14.2 Å². The van der Waals surface area contributed by atoms with Crippen molar-refractivity contribution in [1.82, 2.24) is 19.6 Å². The van der Waals surface area contributed by atoms with Crippen LogP contribution in [0.3, 0.4) is 0 Å². The molecular weight excluding hydrogens is 869 g/mol. The molecule has 0 amide bonds. The lowest BCUT2D eigenvalue weighted by Crippen LogP contribution is -2.09. The van der Waals surface area contributed by atoms with Crippen LogP contribution in [-0.2, 0) is 17.6 Å². The second kappa shape index (κ2) is 20.9. The Hall–Kier alpha value is -8.95. The number of rotatable bonds is 13. The van der Waals surface area contributed by atoms with Crippen molar-refractivity contribution in [2.24, 2.45) is 0 Å². The van der Waals surface area contributed by atoms with E-state index in [0.717, 1.165) is 97.1 Å². The molecule has 0 aliphatic rings. The zero-order valence-electron chi connectivity index (χ0n) is 39.2. The van der Waals surface area contributed by atoms with E-state index in [1.54, 1.807) is 30.3 Å². The highest BCUT2D eigenvalue weighted by Gasteiger charge is 2.24. The minimum atomic E-state index is -1.02. The van der Waals surface area contributed by atoms with Gasteiger partial charge in [-0.1, -0.05) is 153 Å². The van der Waals surface area contributed by atoms with Gasteiger partial charge in [0.05, 0.1) is 22.8 Å². The first-order valence-electron chi connectivity index (χ1n) is 23.3. The second-order valence-corrected chi connectivity index (χ2v) is 16.8. The van der Waals surface area contributed by atoms with Crippen LogP contribution in [0.4, 0.5) is 0 Å². The van der Waals surface area contributed by atoms with Gasteiger partial charge in [-0.05, 0) is 115 Å². The van der Waals surface area contributed by atoms with Gasteiger partial charge < -0.3 is 20.1 Å². The fourth-order valence-electron chi connectivity index (χ4n) is 8.93. The Kier molecular flexibility index (Phi) is 13.8. The Labute approximate surface area is 407 Å². The van der Waals surface area contributed by atoms with E-state index in [9.17, 15) is 15.0 Å². The maximum absolute atomic E-state index is 11.0. The van der Waals surface area contributed by atoms with Crippen molar-refractivity contribution >= 4 is 5.97 Å².